The standard InChI is InChI=1S/C17H27NS/c1-5-12-18-16(9-6-14(2)3)13-19-17-10-7-15(4)8-11-17/h7-8,10-11,16,18H,2,5-6,9,12-13H2,1,3-4H3. The molecule has 2 heteroatoms. The van der Waals surface area contributed by atoms with Crippen LogP contribution in [-0.2, 0) is 0 Å². The van der Waals surface area contributed by atoms with E-state index >= 15 is 0 Å². The Morgan fingerprint density at radius 3 is 2.58 bits per heavy atom. The first-order valence-corrected chi connectivity index (χ1v) is 8.17. The van der Waals surface area contributed by atoms with Crippen molar-refractivity contribution in [3.63, 3.8) is 0 Å². The summed E-state index contributed by atoms with van der Waals surface area (Å²) >= 11 is 1.95. The number of rotatable bonds is 9. The molecule has 1 aromatic carbocycles. The quantitative estimate of drug-likeness (QED) is 0.513. The molecule has 0 heterocycles. The fourth-order valence-corrected chi connectivity index (χ4v) is 2.85. The molecular weight excluding hydrogens is 250 g/mol. The van der Waals surface area contributed by atoms with E-state index in [1.165, 1.54) is 28.9 Å². The van der Waals surface area contributed by atoms with Gasteiger partial charge in [0.15, 0.2) is 0 Å². The molecule has 1 N–H and O–H groups in total. The van der Waals surface area contributed by atoms with E-state index in [1.54, 1.807) is 0 Å². The van der Waals surface area contributed by atoms with Crippen LogP contribution in [0.5, 0.6) is 0 Å². The zero-order valence-corrected chi connectivity index (χ0v) is 13.4. The highest BCUT2D eigenvalue weighted by Crippen LogP contribution is 2.21. The van der Waals surface area contributed by atoms with Crippen molar-refractivity contribution in [3.8, 4) is 0 Å². The van der Waals surface area contributed by atoms with E-state index in [4.69, 9.17) is 0 Å². The van der Waals surface area contributed by atoms with Crippen LogP contribution in [0, 0.1) is 6.92 Å². The molecule has 19 heavy (non-hydrogen) atoms. The molecule has 0 fully saturated rings. The topological polar surface area (TPSA) is 12.0 Å². The Balaban J connectivity index is 2.42. The van der Waals surface area contributed by atoms with Crippen LogP contribution < -0.4 is 5.32 Å². The van der Waals surface area contributed by atoms with Crippen LogP contribution in [0.4, 0.5) is 0 Å². The maximum atomic E-state index is 4.00. The van der Waals surface area contributed by atoms with Crippen molar-refractivity contribution in [3.05, 3.63) is 42.0 Å². The molecule has 0 spiro atoms. The van der Waals surface area contributed by atoms with Gasteiger partial charge in [-0.3, -0.25) is 0 Å². The second kappa shape index (κ2) is 9.22. The molecule has 0 aromatic heterocycles. The van der Waals surface area contributed by atoms with Crippen LogP contribution in [-0.4, -0.2) is 18.3 Å². The van der Waals surface area contributed by atoms with Crippen molar-refractivity contribution in [2.45, 2.75) is 51.0 Å². The van der Waals surface area contributed by atoms with Crippen molar-refractivity contribution >= 4 is 11.8 Å². The second-order valence-corrected chi connectivity index (χ2v) is 6.36. The highest BCUT2D eigenvalue weighted by molar-refractivity contribution is 7.99. The monoisotopic (exact) mass is 277 g/mol. The number of benzene rings is 1. The summed E-state index contributed by atoms with van der Waals surface area (Å²) in [4.78, 5) is 1.37. The average molecular weight is 277 g/mol. The average Bonchev–Trinajstić information content (AvgIpc) is 2.39. The van der Waals surface area contributed by atoms with Crippen molar-refractivity contribution < 1.29 is 0 Å². The lowest BCUT2D eigenvalue weighted by Gasteiger charge is -2.18. The fraction of sp³-hybridized carbons (Fsp3) is 0.529. The summed E-state index contributed by atoms with van der Waals surface area (Å²) in [6.07, 6.45) is 3.50. The zero-order valence-electron chi connectivity index (χ0n) is 12.5. The van der Waals surface area contributed by atoms with Crippen LogP contribution in [0.25, 0.3) is 0 Å². The number of aryl methyl sites for hydroxylation is 1. The van der Waals surface area contributed by atoms with Gasteiger partial charge in [0.1, 0.15) is 0 Å². The summed E-state index contributed by atoms with van der Waals surface area (Å²) in [7, 11) is 0. The molecule has 0 aliphatic heterocycles. The molecule has 0 aliphatic carbocycles. The smallest absolute Gasteiger partial charge is 0.0164 e. The minimum atomic E-state index is 0.586. The third kappa shape index (κ3) is 7.44. The van der Waals surface area contributed by atoms with Crippen molar-refractivity contribution in [1.82, 2.24) is 5.32 Å². The molecule has 0 aliphatic rings. The highest BCUT2D eigenvalue weighted by atomic mass is 32.2. The van der Waals surface area contributed by atoms with Gasteiger partial charge in [0.25, 0.3) is 0 Å². The van der Waals surface area contributed by atoms with E-state index in [1.807, 2.05) is 11.8 Å². The highest BCUT2D eigenvalue weighted by Gasteiger charge is 2.08. The maximum absolute atomic E-state index is 4.00. The molecule has 0 radical (unpaired) electrons. The number of nitrogens with one attached hydrogen (secondary N) is 1. The molecular formula is C17H27NS. The third-order valence-corrected chi connectivity index (χ3v) is 4.25. The number of allylic oxidation sites excluding steroid dienone is 1. The molecule has 0 bridgehead atoms. The first-order valence-electron chi connectivity index (χ1n) is 7.19. The molecule has 0 amide bonds. The molecule has 1 aromatic rings. The predicted molar refractivity (Wildman–Crippen MR) is 88.0 cm³/mol. The number of hydrogen-bond donors (Lipinski definition) is 1. The minimum Gasteiger partial charge on any atom is -0.313 e. The summed E-state index contributed by atoms with van der Waals surface area (Å²) in [5.41, 5.74) is 2.61. The van der Waals surface area contributed by atoms with E-state index in [9.17, 15) is 0 Å². The maximum Gasteiger partial charge on any atom is 0.0164 e. The molecule has 0 saturated carbocycles. The lowest BCUT2D eigenvalue weighted by molar-refractivity contribution is 0.519. The van der Waals surface area contributed by atoms with Gasteiger partial charge in [0.2, 0.25) is 0 Å². The lowest BCUT2D eigenvalue weighted by atomic mass is 10.1. The van der Waals surface area contributed by atoms with Gasteiger partial charge < -0.3 is 5.32 Å². The van der Waals surface area contributed by atoms with E-state index in [-0.39, 0.29) is 0 Å². The van der Waals surface area contributed by atoms with Gasteiger partial charge in [-0.15, -0.1) is 18.3 Å². The van der Waals surface area contributed by atoms with E-state index in [0.29, 0.717) is 6.04 Å². The van der Waals surface area contributed by atoms with Crippen molar-refractivity contribution in [1.29, 1.82) is 0 Å². The van der Waals surface area contributed by atoms with E-state index in [0.717, 1.165) is 18.7 Å². The largest absolute Gasteiger partial charge is 0.313 e. The number of hydrogen-bond acceptors (Lipinski definition) is 2. The van der Waals surface area contributed by atoms with E-state index < -0.39 is 0 Å². The van der Waals surface area contributed by atoms with Gasteiger partial charge in [-0.1, -0.05) is 30.2 Å². The Labute approximate surface area is 122 Å². The van der Waals surface area contributed by atoms with Crippen LogP contribution in [0.15, 0.2) is 41.3 Å². The Bertz CT molecular complexity index is 369. The Hall–Kier alpha value is -0.730. The van der Waals surface area contributed by atoms with Crippen LogP contribution in [0.2, 0.25) is 0 Å². The molecule has 1 atom stereocenters. The van der Waals surface area contributed by atoms with Crippen LogP contribution in [0.3, 0.4) is 0 Å². The SMILES string of the molecule is C=C(C)CCC(CSc1ccc(C)cc1)NCCC. The fourth-order valence-electron chi connectivity index (χ4n) is 1.84. The van der Waals surface area contributed by atoms with Crippen LogP contribution >= 0.6 is 11.8 Å². The third-order valence-electron chi connectivity index (χ3n) is 3.07. The van der Waals surface area contributed by atoms with Crippen molar-refractivity contribution in [2.24, 2.45) is 0 Å². The summed E-state index contributed by atoms with van der Waals surface area (Å²) in [6.45, 7) is 11.6. The molecule has 0 saturated heterocycles. The normalized spacial score (nSPS) is 12.4. The minimum absolute atomic E-state index is 0.586. The van der Waals surface area contributed by atoms with Gasteiger partial charge in [-0.25, -0.2) is 0 Å². The number of thioether (sulfide) groups is 1. The van der Waals surface area contributed by atoms with Gasteiger partial charge in [0.05, 0.1) is 0 Å². The first kappa shape index (κ1) is 16.3. The zero-order chi connectivity index (χ0) is 14.1. The second-order valence-electron chi connectivity index (χ2n) is 5.27. The Morgan fingerprint density at radius 2 is 2.00 bits per heavy atom. The summed E-state index contributed by atoms with van der Waals surface area (Å²) < 4.78 is 0. The van der Waals surface area contributed by atoms with E-state index in [2.05, 4.69) is 56.9 Å². The van der Waals surface area contributed by atoms with Crippen molar-refractivity contribution in [2.75, 3.05) is 12.3 Å². The van der Waals surface area contributed by atoms with Crippen LogP contribution in [0.1, 0.15) is 38.7 Å². The van der Waals surface area contributed by atoms with Gasteiger partial charge in [-0.2, -0.15) is 0 Å². The molecule has 1 unspecified atom stereocenters. The Morgan fingerprint density at radius 1 is 1.32 bits per heavy atom. The van der Waals surface area contributed by atoms with Gasteiger partial charge in [-0.05, 0) is 51.8 Å². The molecule has 1 nitrogen and oxygen atoms in total. The van der Waals surface area contributed by atoms with Gasteiger partial charge in [0, 0.05) is 16.7 Å². The molecule has 106 valence electrons. The summed E-state index contributed by atoms with van der Waals surface area (Å²) in [5, 5.41) is 3.64. The summed E-state index contributed by atoms with van der Waals surface area (Å²) in [5.74, 6) is 1.14. The predicted octanol–water partition coefficient (Wildman–Crippen LogP) is 4.81. The molecule has 1 rings (SSSR count). The first-order chi connectivity index (χ1) is 9.11. The lowest BCUT2D eigenvalue weighted by Crippen LogP contribution is -2.32. The summed E-state index contributed by atoms with van der Waals surface area (Å²) in [6, 6.07) is 9.39. The van der Waals surface area contributed by atoms with Gasteiger partial charge >= 0.3 is 0 Å². The Kier molecular flexibility index (Phi) is 7.92.